The third-order valence-electron chi connectivity index (χ3n) is 2.69. The van der Waals surface area contributed by atoms with Crippen LogP contribution in [0.15, 0.2) is 27.2 Å². The van der Waals surface area contributed by atoms with E-state index in [-0.39, 0.29) is 21.3 Å². The molecule has 112 valence electrons. The lowest BCUT2D eigenvalue weighted by Crippen LogP contribution is -2.13. The molecule has 21 heavy (non-hydrogen) atoms. The van der Waals surface area contributed by atoms with E-state index in [0.717, 1.165) is 0 Å². The molecule has 0 saturated carbocycles. The minimum Gasteiger partial charge on any atom is -0.315 e. The van der Waals surface area contributed by atoms with Crippen LogP contribution in [-0.4, -0.2) is 18.3 Å². The number of hydrogen-bond donors (Lipinski definition) is 2. The zero-order chi connectivity index (χ0) is 15.8. The predicted molar refractivity (Wildman–Crippen MR) is 78.3 cm³/mol. The fourth-order valence-electron chi connectivity index (χ4n) is 1.71. The largest absolute Gasteiger partial charge is 0.315 e. The summed E-state index contributed by atoms with van der Waals surface area (Å²) in [7, 11) is -3.91. The lowest BCUT2D eigenvalue weighted by Gasteiger charge is -2.09. The Bertz CT molecular complexity index is 866. The highest BCUT2D eigenvalue weighted by molar-refractivity contribution is 7.94. The Labute approximate surface area is 123 Å². The molecule has 1 aromatic heterocycles. The quantitative estimate of drug-likeness (QED) is 0.653. The predicted octanol–water partition coefficient (Wildman–Crippen LogP) is 1.76. The molecule has 8 nitrogen and oxygen atoms in total. The molecule has 2 aromatic rings. The van der Waals surface area contributed by atoms with Crippen molar-refractivity contribution in [2.45, 2.75) is 18.1 Å². The van der Waals surface area contributed by atoms with Gasteiger partial charge in [0.2, 0.25) is 0 Å². The molecule has 2 rings (SSSR count). The van der Waals surface area contributed by atoms with Crippen LogP contribution in [0.2, 0.25) is 0 Å². The fraction of sp³-hybridized carbons (Fsp3) is 0.182. The second kappa shape index (κ2) is 5.30. The highest BCUT2D eigenvalue weighted by Crippen LogP contribution is 2.25. The first kappa shape index (κ1) is 15.2. The molecule has 1 heterocycles. The summed E-state index contributed by atoms with van der Waals surface area (Å²) in [5.41, 5.74) is 0.754. The number of nitro benzene ring substituents is 1. The molecule has 0 saturated heterocycles. The number of benzene rings is 1. The van der Waals surface area contributed by atoms with Crippen LogP contribution in [0.5, 0.6) is 0 Å². The smallest absolute Gasteiger partial charge is 0.306 e. The molecule has 2 N–H and O–H groups in total. The Morgan fingerprint density at radius 1 is 1.33 bits per heavy atom. The van der Waals surface area contributed by atoms with E-state index in [4.69, 9.17) is 0 Å². The molecular formula is C11H11N3O5S2. The van der Waals surface area contributed by atoms with E-state index >= 15 is 0 Å². The Kier molecular flexibility index (Phi) is 3.83. The SMILES string of the molecule is Cc1cc([N+](=O)[O-])ccc1NS(=O)(=O)c1sc(=O)[nH]c1C. The van der Waals surface area contributed by atoms with E-state index in [9.17, 15) is 23.3 Å². The fourth-order valence-corrected chi connectivity index (χ4v) is 4.15. The molecule has 0 amide bonds. The number of thiazole rings is 1. The number of nitrogens with zero attached hydrogens (tertiary/aromatic N) is 1. The van der Waals surface area contributed by atoms with E-state index in [0.29, 0.717) is 16.9 Å². The Morgan fingerprint density at radius 3 is 2.48 bits per heavy atom. The number of H-pyrrole nitrogens is 1. The average molecular weight is 329 g/mol. The summed E-state index contributed by atoms with van der Waals surface area (Å²) in [5.74, 6) is 0. The number of hydrogen-bond acceptors (Lipinski definition) is 6. The first-order valence-electron chi connectivity index (χ1n) is 5.68. The van der Waals surface area contributed by atoms with Crippen molar-refractivity contribution in [1.29, 1.82) is 0 Å². The number of aromatic amines is 1. The van der Waals surface area contributed by atoms with Crippen molar-refractivity contribution in [2.75, 3.05) is 4.72 Å². The number of rotatable bonds is 4. The second-order valence-corrected chi connectivity index (χ2v) is 7.15. The number of aromatic nitrogens is 1. The van der Waals surface area contributed by atoms with Gasteiger partial charge in [0, 0.05) is 17.8 Å². The van der Waals surface area contributed by atoms with Gasteiger partial charge in [-0.15, -0.1) is 0 Å². The zero-order valence-corrected chi connectivity index (χ0v) is 12.7. The van der Waals surface area contributed by atoms with Crippen LogP contribution >= 0.6 is 11.3 Å². The highest BCUT2D eigenvalue weighted by atomic mass is 32.2. The van der Waals surface area contributed by atoms with E-state index < -0.39 is 19.8 Å². The van der Waals surface area contributed by atoms with Crippen LogP contribution in [-0.2, 0) is 10.0 Å². The minimum atomic E-state index is -3.91. The van der Waals surface area contributed by atoms with E-state index in [1.165, 1.54) is 25.1 Å². The molecule has 0 bridgehead atoms. The molecule has 1 aromatic carbocycles. The van der Waals surface area contributed by atoms with Crippen LogP contribution in [0.1, 0.15) is 11.3 Å². The molecule has 0 unspecified atom stereocenters. The van der Waals surface area contributed by atoms with E-state index in [2.05, 4.69) is 9.71 Å². The lowest BCUT2D eigenvalue weighted by atomic mass is 10.2. The van der Waals surface area contributed by atoms with Gasteiger partial charge in [0.15, 0.2) is 4.21 Å². The summed E-state index contributed by atoms with van der Waals surface area (Å²) in [6.45, 7) is 3.03. The van der Waals surface area contributed by atoms with Gasteiger partial charge in [-0.1, -0.05) is 11.3 Å². The van der Waals surface area contributed by atoms with Gasteiger partial charge in [-0.2, -0.15) is 0 Å². The Morgan fingerprint density at radius 2 is 2.00 bits per heavy atom. The Balaban J connectivity index is 2.40. The summed E-state index contributed by atoms with van der Waals surface area (Å²) < 4.78 is 26.6. The van der Waals surface area contributed by atoms with Gasteiger partial charge in [-0.25, -0.2) is 8.42 Å². The molecular weight excluding hydrogens is 318 g/mol. The molecule has 10 heteroatoms. The van der Waals surface area contributed by atoms with Crippen LogP contribution in [0.25, 0.3) is 0 Å². The zero-order valence-electron chi connectivity index (χ0n) is 11.0. The van der Waals surface area contributed by atoms with Crippen LogP contribution < -0.4 is 9.60 Å². The maximum atomic E-state index is 12.2. The number of anilines is 1. The number of nitrogens with one attached hydrogen (secondary N) is 2. The van der Waals surface area contributed by atoms with Crippen molar-refractivity contribution in [2.24, 2.45) is 0 Å². The molecule has 0 radical (unpaired) electrons. The van der Waals surface area contributed by atoms with Gasteiger partial charge in [0.05, 0.1) is 10.6 Å². The number of sulfonamides is 1. The molecule has 0 atom stereocenters. The first-order valence-corrected chi connectivity index (χ1v) is 7.98. The average Bonchev–Trinajstić information content (AvgIpc) is 2.71. The van der Waals surface area contributed by atoms with Gasteiger partial charge in [0.25, 0.3) is 15.7 Å². The Hall–Kier alpha value is -2.20. The standard InChI is InChI=1S/C11H11N3O5S2/c1-6-5-8(14(16)17)3-4-9(6)13-21(18,19)10-7(2)12-11(15)20-10/h3-5,13H,1-2H3,(H,12,15). The van der Waals surface area contributed by atoms with Crippen molar-refractivity contribution in [1.82, 2.24) is 4.98 Å². The third-order valence-corrected chi connectivity index (χ3v) is 5.66. The minimum absolute atomic E-state index is 0.106. The number of nitro groups is 1. The van der Waals surface area contributed by atoms with Crippen LogP contribution in [0.3, 0.4) is 0 Å². The number of non-ortho nitro benzene ring substituents is 1. The highest BCUT2D eigenvalue weighted by Gasteiger charge is 2.21. The van der Waals surface area contributed by atoms with E-state index in [1.54, 1.807) is 6.92 Å². The maximum absolute atomic E-state index is 12.2. The lowest BCUT2D eigenvalue weighted by molar-refractivity contribution is -0.384. The summed E-state index contributed by atoms with van der Waals surface area (Å²) in [5, 5.41) is 10.6. The second-order valence-electron chi connectivity index (χ2n) is 4.29. The van der Waals surface area contributed by atoms with Gasteiger partial charge in [-0.05, 0) is 25.5 Å². The van der Waals surface area contributed by atoms with Crippen molar-refractivity contribution in [3.05, 3.63) is 49.2 Å². The number of aryl methyl sites for hydroxylation is 2. The monoisotopic (exact) mass is 329 g/mol. The van der Waals surface area contributed by atoms with Crippen molar-refractivity contribution in [3.63, 3.8) is 0 Å². The van der Waals surface area contributed by atoms with E-state index in [1.807, 2.05) is 0 Å². The molecule has 0 aliphatic carbocycles. The summed E-state index contributed by atoms with van der Waals surface area (Å²) in [4.78, 5) is 23.2. The third kappa shape index (κ3) is 3.11. The first-order chi connectivity index (χ1) is 9.70. The molecule has 0 aliphatic heterocycles. The summed E-state index contributed by atoms with van der Waals surface area (Å²) in [6, 6.07) is 3.79. The maximum Gasteiger partial charge on any atom is 0.306 e. The summed E-state index contributed by atoms with van der Waals surface area (Å²) >= 11 is 0.585. The normalized spacial score (nSPS) is 11.3. The molecule has 0 fully saturated rings. The van der Waals surface area contributed by atoms with Crippen molar-refractivity contribution < 1.29 is 13.3 Å². The molecule has 0 aliphatic rings. The van der Waals surface area contributed by atoms with Gasteiger partial charge in [-0.3, -0.25) is 19.6 Å². The van der Waals surface area contributed by atoms with Gasteiger partial charge in [0.1, 0.15) is 0 Å². The van der Waals surface area contributed by atoms with Gasteiger partial charge < -0.3 is 4.98 Å². The topological polar surface area (TPSA) is 122 Å². The van der Waals surface area contributed by atoms with Crippen LogP contribution in [0, 0.1) is 24.0 Å². The van der Waals surface area contributed by atoms with Crippen molar-refractivity contribution in [3.8, 4) is 0 Å². The van der Waals surface area contributed by atoms with Crippen molar-refractivity contribution >= 4 is 32.7 Å². The van der Waals surface area contributed by atoms with Gasteiger partial charge >= 0.3 is 4.87 Å². The molecule has 0 spiro atoms. The van der Waals surface area contributed by atoms with Crippen LogP contribution in [0.4, 0.5) is 11.4 Å². The summed E-state index contributed by atoms with van der Waals surface area (Å²) in [6.07, 6.45) is 0.